The van der Waals surface area contributed by atoms with E-state index in [1.807, 2.05) is 18.7 Å². The van der Waals surface area contributed by atoms with Crippen molar-refractivity contribution in [1.82, 2.24) is 30.6 Å². The Morgan fingerprint density at radius 3 is 2.41 bits per heavy atom. The predicted octanol–water partition coefficient (Wildman–Crippen LogP) is 1.21. The van der Waals surface area contributed by atoms with Crippen LogP contribution in [0.25, 0.3) is 0 Å². The Bertz CT molecular complexity index is 647. The van der Waals surface area contributed by atoms with E-state index in [9.17, 15) is 0 Å². The number of nitrogens with one attached hydrogen (secondary N) is 2. The Balaban J connectivity index is 0.00000242. The number of aliphatic imine (C=N–C) groups is 1. The SMILES string of the molecule is CN=C(NCc1noc(C)n1)NCc1c(C)nn(C)c1C.I. The molecule has 2 heterocycles. The van der Waals surface area contributed by atoms with Gasteiger partial charge in [0.25, 0.3) is 0 Å². The standard InChI is InChI=1S/C13H21N7O.HI/c1-8-11(9(2)20(5)18-8)6-15-13(14-4)16-7-12-17-10(3)21-19-12;/h6-7H2,1-5H3,(H2,14,15,16);1H. The van der Waals surface area contributed by atoms with Gasteiger partial charge in [0.2, 0.25) is 5.89 Å². The molecule has 0 saturated carbocycles. The minimum atomic E-state index is 0. The number of hydrogen-bond donors (Lipinski definition) is 2. The van der Waals surface area contributed by atoms with Crippen LogP contribution in [0.15, 0.2) is 9.52 Å². The van der Waals surface area contributed by atoms with Gasteiger partial charge < -0.3 is 15.2 Å². The zero-order valence-electron chi connectivity index (χ0n) is 13.5. The minimum Gasteiger partial charge on any atom is -0.352 e. The molecule has 0 saturated heterocycles. The van der Waals surface area contributed by atoms with Gasteiger partial charge in [-0.1, -0.05) is 5.16 Å². The van der Waals surface area contributed by atoms with Crippen molar-refractivity contribution in [2.75, 3.05) is 7.05 Å². The molecule has 2 aromatic heterocycles. The Hall–Kier alpha value is -1.65. The first-order valence-electron chi connectivity index (χ1n) is 6.74. The molecule has 9 heteroatoms. The maximum absolute atomic E-state index is 4.92. The summed E-state index contributed by atoms with van der Waals surface area (Å²) in [5.74, 6) is 1.83. The van der Waals surface area contributed by atoms with E-state index >= 15 is 0 Å². The average Bonchev–Trinajstić information content (AvgIpc) is 2.96. The number of halogens is 1. The molecule has 122 valence electrons. The zero-order chi connectivity index (χ0) is 15.4. The van der Waals surface area contributed by atoms with Gasteiger partial charge in [-0.3, -0.25) is 9.67 Å². The highest BCUT2D eigenvalue weighted by molar-refractivity contribution is 14.0. The summed E-state index contributed by atoms with van der Waals surface area (Å²) in [5, 5.41) is 14.6. The fourth-order valence-corrected chi connectivity index (χ4v) is 2.04. The van der Waals surface area contributed by atoms with E-state index in [0.29, 0.717) is 30.8 Å². The molecule has 0 aliphatic carbocycles. The number of nitrogens with zero attached hydrogens (tertiary/aromatic N) is 5. The van der Waals surface area contributed by atoms with E-state index in [1.54, 1.807) is 14.0 Å². The maximum Gasteiger partial charge on any atom is 0.223 e. The van der Waals surface area contributed by atoms with Crippen LogP contribution in [0.3, 0.4) is 0 Å². The molecule has 0 spiro atoms. The van der Waals surface area contributed by atoms with Gasteiger partial charge in [0, 0.05) is 38.8 Å². The molecular formula is C13H22IN7O. The van der Waals surface area contributed by atoms with Crippen LogP contribution in [0.4, 0.5) is 0 Å². The van der Waals surface area contributed by atoms with Crippen LogP contribution in [-0.2, 0) is 20.1 Å². The normalized spacial score (nSPS) is 11.2. The fourth-order valence-electron chi connectivity index (χ4n) is 2.04. The Morgan fingerprint density at radius 1 is 1.23 bits per heavy atom. The molecule has 0 amide bonds. The summed E-state index contributed by atoms with van der Waals surface area (Å²) in [6.45, 7) is 6.94. The van der Waals surface area contributed by atoms with Crippen LogP contribution in [0.5, 0.6) is 0 Å². The summed E-state index contributed by atoms with van der Waals surface area (Å²) in [4.78, 5) is 8.30. The van der Waals surface area contributed by atoms with E-state index in [2.05, 4.69) is 37.8 Å². The van der Waals surface area contributed by atoms with Gasteiger partial charge in [-0.05, 0) is 13.8 Å². The summed E-state index contributed by atoms with van der Waals surface area (Å²) >= 11 is 0. The Morgan fingerprint density at radius 2 is 1.91 bits per heavy atom. The molecule has 2 aromatic rings. The van der Waals surface area contributed by atoms with Crippen molar-refractivity contribution in [3.8, 4) is 0 Å². The minimum absolute atomic E-state index is 0. The van der Waals surface area contributed by atoms with Crippen molar-refractivity contribution in [2.45, 2.75) is 33.9 Å². The lowest BCUT2D eigenvalue weighted by Gasteiger charge is -2.10. The van der Waals surface area contributed by atoms with E-state index in [1.165, 1.54) is 5.56 Å². The Kier molecular flexibility index (Phi) is 6.78. The molecule has 2 rings (SSSR count). The van der Waals surface area contributed by atoms with E-state index in [-0.39, 0.29) is 24.0 Å². The molecule has 22 heavy (non-hydrogen) atoms. The molecule has 2 N–H and O–H groups in total. The number of rotatable bonds is 4. The molecule has 0 radical (unpaired) electrons. The summed E-state index contributed by atoms with van der Waals surface area (Å²) in [6, 6.07) is 0. The first-order chi connectivity index (χ1) is 10.0. The van der Waals surface area contributed by atoms with Crippen LogP contribution in [-0.4, -0.2) is 32.9 Å². The summed E-state index contributed by atoms with van der Waals surface area (Å²) in [6.07, 6.45) is 0. The third-order valence-corrected chi connectivity index (χ3v) is 3.30. The van der Waals surface area contributed by atoms with Gasteiger partial charge in [0.1, 0.15) is 0 Å². The monoisotopic (exact) mass is 419 g/mol. The van der Waals surface area contributed by atoms with Gasteiger partial charge in [0.15, 0.2) is 11.8 Å². The molecule has 0 unspecified atom stereocenters. The van der Waals surface area contributed by atoms with Crippen LogP contribution >= 0.6 is 24.0 Å². The molecule has 0 aliphatic rings. The first-order valence-corrected chi connectivity index (χ1v) is 6.74. The van der Waals surface area contributed by atoms with E-state index in [0.717, 1.165) is 11.4 Å². The van der Waals surface area contributed by atoms with Crippen molar-refractivity contribution < 1.29 is 4.52 Å². The van der Waals surface area contributed by atoms with Crippen molar-refractivity contribution in [3.63, 3.8) is 0 Å². The largest absolute Gasteiger partial charge is 0.352 e. The summed E-state index contributed by atoms with van der Waals surface area (Å²) in [7, 11) is 3.66. The van der Waals surface area contributed by atoms with Crippen molar-refractivity contribution in [3.05, 3.63) is 28.7 Å². The van der Waals surface area contributed by atoms with Crippen LogP contribution in [0.1, 0.15) is 28.7 Å². The van der Waals surface area contributed by atoms with Crippen molar-refractivity contribution in [1.29, 1.82) is 0 Å². The lowest BCUT2D eigenvalue weighted by Crippen LogP contribution is -2.36. The van der Waals surface area contributed by atoms with E-state index < -0.39 is 0 Å². The number of guanidine groups is 1. The molecule has 0 atom stereocenters. The average molecular weight is 419 g/mol. The zero-order valence-corrected chi connectivity index (χ0v) is 15.8. The third-order valence-electron chi connectivity index (χ3n) is 3.30. The first kappa shape index (κ1) is 18.4. The molecule has 0 aliphatic heterocycles. The van der Waals surface area contributed by atoms with Gasteiger partial charge in [0.05, 0.1) is 12.2 Å². The maximum atomic E-state index is 4.92. The second-order valence-corrected chi connectivity index (χ2v) is 4.78. The second kappa shape index (κ2) is 8.11. The van der Waals surface area contributed by atoms with Crippen LogP contribution in [0, 0.1) is 20.8 Å². The highest BCUT2D eigenvalue weighted by atomic mass is 127. The molecule has 0 fully saturated rings. The summed E-state index contributed by atoms with van der Waals surface area (Å²) < 4.78 is 6.80. The molecule has 0 aromatic carbocycles. The highest BCUT2D eigenvalue weighted by Crippen LogP contribution is 2.10. The quantitative estimate of drug-likeness (QED) is 0.440. The summed E-state index contributed by atoms with van der Waals surface area (Å²) in [5.41, 5.74) is 3.34. The fraction of sp³-hybridized carbons (Fsp3) is 0.538. The van der Waals surface area contributed by atoms with Crippen LogP contribution in [0.2, 0.25) is 0 Å². The number of hydrogen-bond acceptors (Lipinski definition) is 5. The van der Waals surface area contributed by atoms with Gasteiger partial charge >= 0.3 is 0 Å². The van der Waals surface area contributed by atoms with Gasteiger partial charge in [-0.2, -0.15) is 10.1 Å². The highest BCUT2D eigenvalue weighted by Gasteiger charge is 2.10. The van der Waals surface area contributed by atoms with E-state index in [4.69, 9.17) is 4.52 Å². The molecular weight excluding hydrogens is 397 g/mol. The second-order valence-electron chi connectivity index (χ2n) is 4.78. The lowest BCUT2D eigenvalue weighted by molar-refractivity contribution is 0.387. The number of aromatic nitrogens is 4. The smallest absolute Gasteiger partial charge is 0.223 e. The topological polar surface area (TPSA) is 93.2 Å². The third kappa shape index (κ3) is 4.42. The predicted molar refractivity (Wildman–Crippen MR) is 94.2 cm³/mol. The molecule has 8 nitrogen and oxygen atoms in total. The van der Waals surface area contributed by atoms with Gasteiger partial charge in [-0.25, -0.2) is 0 Å². The van der Waals surface area contributed by atoms with Crippen molar-refractivity contribution >= 4 is 29.9 Å². The van der Waals surface area contributed by atoms with Gasteiger partial charge in [-0.15, -0.1) is 24.0 Å². The Labute approximate surface area is 146 Å². The number of aryl methyl sites for hydroxylation is 3. The molecule has 0 bridgehead atoms. The lowest BCUT2D eigenvalue weighted by atomic mass is 10.2. The van der Waals surface area contributed by atoms with Crippen molar-refractivity contribution in [2.24, 2.45) is 12.0 Å². The van der Waals surface area contributed by atoms with Crippen LogP contribution < -0.4 is 10.6 Å².